The highest BCUT2D eigenvalue weighted by molar-refractivity contribution is 5.81. The molecule has 2 N–H and O–H groups in total. The van der Waals surface area contributed by atoms with Gasteiger partial charge < -0.3 is 15.4 Å². The van der Waals surface area contributed by atoms with Gasteiger partial charge in [-0.2, -0.15) is 0 Å². The molecule has 0 aromatic carbocycles. The summed E-state index contributed by atoms with van der Waals surface area (Å²) in [7, 11) is 0. The highest BCUT2D eigenvalue weighted by atomic mass is 16.5. The Morgan fingerprint density at radius 2 is 2.21 bits per heavy atom. The molecule has 110 valence electrons. The summed E-state index contributed by atoms with van der Waals surface area (Å²) in [6.45, 7) is 8.70. The molecule has 1 amide bonds. The molecular formula is C14H27N3O2. The van der Waals surface area contributed by atoms with Crippen molar-refractivity contribution in [2.45, 2.75) is 32.2 Å². The van der Waals surface area contributed by atoms with Crippen LogP contribution < -0.4 is 10.6 Å². The number of ether oxygens (including phenoxy) is 1. The van der Waals surface area contributed by atoms with Gasteiger partial charge in [0.1, 0.15) is 0 Å². The molecule has 19 heavy (non-hydrogen) atoms. The molecule has 2 rings (SSSR count). The van der Waals surface area contributed by atoms with Gasteiger partial charge >= 0.3 is 0 Å². The zero-order valence-corrected chi connectivity index (χ0v) is 12.0. The smallest absolute Gasteiger partial charge is 0.237 e. The first-order chi connectivity index (χ1) is 9.25. The minimum absolute atomic E-state index is 0.0318. The number of piperidine rings is 1. The molecule has 2 unspecified atom stereocenters. The van der Waals surface area contributed by atoms with Gasteiger partial charge in [-0.3, -0.25) is 9.69 Å². The summed E-state index contributed by atoms with van der Waals surface area (Å²) in [5.74, 6) is 0.666. The lowest BCUT2D eigenvalue weighted by Crippen LogP contribution is -2.48. The van der Waals surface area contributed by atoms with Gasteiger partial charge in [-0.1, -0.05) is 13.3 Å². The van der Waals surface area contributed by atoms with E-state index in [1.807, 2.05) is 0 Å². The third-order valence-electron chi connectivity index (χ3n) is 3.93. The number of carbonyl (C=O) groups is 1. The highest BCUT2D eigenvalue weighted by Gasteiger charge is 2.21. The SMILES string of the molecule is CC(CNC(=O)C1CCCCN1)CN1CCOCC1. The van der Waals surface area contributed by atoms with Crippen molar-refractivity contribution in [3.05, 3.63) is 0 Å². The average molecular weight is 269 g/mol. The zero-order valence-electron chi connectivity index (χ0n) is 12.0. The van der Waals surface area contributed by atoms with Gasteiger partial charge in [-0.15, -0.1) is 0 Å². The van der Waals surface area contributed by atoms with Crippen LogP contribution in [0.1, 0.15) is 26.2 Å². The van der Waals surface area contributed by atoms with Gasteiger partial charge in [-0.25, -0.2) is 0 Å². The summed E-state index contributed by atoms with van der Waals surface area (Å²) in [5.41, 5.74) is 0. The third-order valence-corrected chi connectivity index (χ3v) is 3.93. The van der Waals surface area contributed by atoms with E-state index in [4.69, 9.17) is 4.74 Å². The van der Waals surface area contributed by atoms with Gasteiger partial charge in [-0.05, 0) is 25.3 Å². The van der Waals surface area contributed by atoms with Crippen molar-refractivity contribution in [3.63, 3.8) is 0 Å². The Labute approximate surface area is 116 Å². The summed E-state index contributed by atoms with van der Waals surface area (Å²) in [6, 6.07) is 0.0318. The van der Waals surface area contributed by atoms with Crippen molar-refractivity contribution in [1.82, 2.24) is 15.5 Å². The van der Waals surface area contributed by atoms with Crippen molar-refractivity contribution in [1.29, 1.82) is 0 Å². The predicted octanol–water partition coefficient (Wildman–Crippen LogP) is 0.213. The number of hydrogen-bond donors (Lipinski definition) is 2. The van der Waals surface area contributed by atoms with E-state index in [1.54, 1.807) is 0 Å². The van der Waals surface area contributed by atoms with Crippen molar-refractivity contribution in [2.75, 3.05) is 45.9 Å². The standard InChI is InChI=1S/C14H27N3O2/c1-12(11-17-6-8-19-9-7-17)10-16-14(18)13-4-2-3-5-15-13/h12-13,15H,2-11H2,1H3,(H,16,18). The maximum Gasteiger partial charge on any atom is 0.237 e. The summed E-state index contributed by atoms with van der Waals surface area (Å²) in [6.07, 6.45) is 3.33. The zero-order chi connectivity index (χ0) is 13.5. The van der Waals surface area contributed by atoms with Crippen molar-refractivity contribution >= 4 is 5.91 Å². The molecule has 0 spiro atoms. The average Bonchev–Trinajstić information content (AvgIpc) is 2.47. The van der Waals surface area contributed by atoms with E-state index >= 15 is 0 Å². The van der Waals surface area contributed by atoms with Crippen molar-refractivity contribution in [2.24, 2.45) is 5.92 Å². The Balaban J connectivity index is 1.61. The molecule has 0 bridgehead atoms. The maximum absolute atomic E-state index is 12.0. The van der Waals surface area contributed by atoms with Crippen LogP contribution in [-0.4, -0.2) is 62.8 Å². The Morgan fingerprint density at radius 3 is 2.89 bits per heavy atom. The van der Waals surface area contributed by atoms with Crippen LogP contribution in [0.3, 0.4) is 0 Å². The minimum atomic E-state index is 0.0318. The predicted molar refractivity (Wildman–Crippen MR) is 75.1 cm³/mol. The molecule has 5 heteroatoms. The van der Waals surface area contributed by atoms with E-state index in [-0.39, 0.29) is 11.9 Å². The van der Waals surface area contributed by atoms with Gasteiger partial charge in [0.15, 0.2) is 0 Å². The van der Waals surface area contributed by atoms with E-state index < -0.39 is 0 Å². The monoisotopic (exact) mass is 269 g/mol. The van der Waals surface area contributed by atoms with Crippen LogP contribution in [0.5, 0.6) is 0 Å². The fourth-order valence-electron chi connectivity index (χ4n) is 2.76. The molecule has 0 saturated carbocycles. The molecule has 2 heterocycles. The number of morpholine rings is 1. The normalized spacial score (nSPS) is 26.9. The maximum atomic E-state index is 12.0. The molecule has 0 aromatic rings. The second kappa shape index (κ2) is 7.82. The summed E-state index contributed by atoms with van der Waals surface area (Å²) in [5, 5.41) is 6.37. The molecule has 2 aliphatic heterocycles. The lowest BCUT2D eigenvalue weighted by molar-refractivity contribution is -0.123. The quantitative estimate of drug-likeness (QED) is 0.749. The minimum Gasteiger partial charge on any atom is -0.379 e. The van der Waals surface area contributed by atoms with Gasteiger partial charge in [0.05, 0.1) is 19.3 Å². The Hall–Kier alpha value is -0.650. The summed E-state index contributed by atoms with van der Waals surface area (Å²) in [4.78, 5) is 14.4. The third kappa shape index (κ3) is 5.09. The Kier molecular flexibility index (Phi) is 6.07. The van der Waals surface area contributed by atoms with Gasteiger partial charge in [0.25, 0.3) is 0 Å². The molecule has 0 radical (unpaired) electrons. The Morgan fingerprint density at radius 1 is 1.42 bits per heavy atom. The fourth-order valence-corrected chi connectivity index (χ4v) is 2.76. The van der Waals surface area contributed by atoms with E-state index in [0.717, 1.165) is 58.8 Å². The first kappa shape index (κ1) is 14.8. The number of carbonyl (C=O) groups excluding carboxylic acids is 1. The number of rotatable bonds is 5. The summed E-state index contributed by atoms with van der Waals surface area (Å²) >= 11 is 0. The summed E-state index contributed by atoms with van der Waals surface area (Å²) < 4.78 is 5.34. The number of amides is 1. The van der Waals surface area contributed by atoms with Crippen LogP contribution in [0.4, 0.5) is 0 Å². The number of nitrogens with zero attached hydrogens (tertiary/aromatic N) is 1. The molecule has 2 aliphatic rings. The van der Waals surface area contributed by atoms with Crippen LogP contribution in [0.2, 0.25) is 0 Å². The Bertz CT molecular complexity index is 274. The molecule has 2 saturated heterocycles. The van der Waals surface area contributed by atoms with Crippen LogP contribution in [0, 0.1) is 5.92 Å². The van der Waals surface area contributed by atoms with Crippen LogP contribution in [0.15, 0.2) is 0 Å². The number of hydrogen-bond acceptors (Lipinski definition) is 4. The van der Waals surface area contributed by atoms with Crippen LogP contribution in [-0.2, 0) is 9.53 Å². The largest absolute Gasteiger partial charge is 0.379 e. The lowest BCUT2D eigenvalue weighted by atomic mass is 10.0. The van der Waals surface area contributed by atoms with Gasteiger partial charge in [0.2, 0.25) is 5.91 Å². The molecule has 5 nitrogen and oxygen atoms in total. The van der Waals surface area contributed by atoms with Crippen LogP contribution in [0.25, 0.3) is 0 Å². The molecular weight excluding hydrogens is 242 g/mol. The lowest BCUT2D eigenvalue weighted by Gasteiger charge is -2.29. The highest BCUT2D eigenvalue weighted by Crippen LogP contribution is 2.07. The second-order valence-corrected chi connectivity index (χ2v) is 5.77. The van der Waals surface area contributed by atoms with E-state index in [1.165, 1.54) is 6.42 Å². The van der Waals surface area contributed by atoms with E-state index in [2.05, 4.69) is 22.5 Å². The molecule has 2 fully saturated rings. The van der Waals surface area contributed by atoms with Crippen molar-refractivity contribution in [3.8, 4) is 0 Å². The first-order valence-electron chi connectivity index (χ1n) is 7.57. The van der Waals surface area contributed by atoms with Crippen molar-refractivity contribution < 1.29 is 9.53 Å². The van der Waals surface area contributed by atoms with Gasteiger partial charge in [0, 0.05) is 26.2 Å². The molecule has 0 aromatic heterocycles. The van der Waals surface area contributed by atoms with Crippen LogP contribution >= 0.6 is 0 Å². The topological polar surface area (TPSA) is 53.6 Å². The molecule has 0 aliphatic carbocycles. The first-order valence-corrected chi connectivity index (χ1v) is 7.57. The van der Waals surface area contributed by atoms with E-state index in [0.29, 0.717) is 5.92 Å². The van der Waals surface area contributed by atoms with E-state index in [9.17, 15) is 4.79 Å². The second-order valence-electron chi connectivity index (χ2n) is 5.77. The fraction of sp³-hybridized carbons (Fsp3) is 0.929. The molecule has 2 atom stereocenters. The number of nitrogens with one attached hydrogen (secondary N) is 2.